The highest BCUT2D eigenvalue weighted by Crippen LogP contribution is 2.15. The Morgan fingerprint density at radius 3 is 2.84 bits per heavy atom. The number of amides is 2. The van der Waals surface area contributed by atoms with Crippen LogP contribution < -0.4 is 10.6 Å². The second-order valence-electron chi connectivity index (χ2n) is 5.20. The Morgan fingerprint density at radius 2 is 2.21 bits per heavy atom. The van der Waals surface area contributed by atoms with Gasteiger partial charge in [-0.2, -0.15) is 0 Å². The molecular formula is C13H23N3O3. The van der Waals surface area contributed by atoms with Crippen molar-refractivity contribution in [3.8, 4) is 0 Å². The molecular weight excluding hydrogens is 246 g/mol. The van der Waals surface area contributed by atoms with Gasteiger partial charge in [-0.3, -0.25) is 9.59 Å². The largest absolute Gasteiger partial charge is 0.377 e. The summed E-state index contributed by atoms with van der Waals surface area (Å²) < 4.78 is 5.34. The molecule has 0 aliphatic carbocycles. The van der Waals surface area contributed by atoms with E-state index in [0.717, 1.165) is 19.5 Å². The number of nitrogens with zero attached hydrogens (tertiary/aromatic N) is 1. The van der Waals surface area contributed by atoms with Gasteiger partial charge in [-0.05, 0) is 25.4 Å². The molecule has 2 aliphatic heterocycles. The number of carbonyl (C=O) groups excluding carboxylic acids is 2. The first kappa shape index (κ1) is 14.3. The Balaban J connectivity index is 1.90. The van der Waals surface area contributed by atoms with E-state index >= 15 is 0 Å². The van der Waals surface area contributed by atoms with Crippen LogP contribution in [0.15, 0.2) is 0 Å². The smallest absolute Gasteiger partial charge is 0.245 e. The van der Waals surface area contributed by atoms with Crippen molar-refractivity contribution < 1.29 is 14.3 Å². The van der Waals surface area contributed by atoms with Crippen molar-refractivity contribution in [3.05, 3.63) is 0 Å². The van der Waals surface area contributed by atoms with Gasteiger partial charge in [-0.25, -0.2) is 0 Å². The Labute approximate surface area is 113 Å². The number of hydrogen-bond acceptors (Lipinski definition) is 4. The van der Waals surface area contributed by atoms with Gasteiger partial charge in [-0.1, -0.05) is 6.92 Å². The summed E-state index contributed by atoms with van der Waals surface area (Å²) in [6.45, 7) is 5.80. The number of morpholine rings is 1. The van der Waals surface area contributed by atoms with Gasteiger partial charge < -0.3 is 20.3 Å². The Morgan fingerprint density at radius 1 is 1.42 bits per heavy atom. The summed E-state index contributed by atoms with van der Waals surface area (Å²) in [5.74, 6) is 0.405. The molecule has 2 N–H and O–H groups in total. The molecule has 2 amide bonds. The monoisotopic (exact) mass is 269 g/mol. The molecule has 0 spiro atoms. The highest BCUT2D eigenvalue weighted by molar-refractivity contribution is 5.88. The third kappa shape index (κ3) is 3.67. The molecule has 1 atom stereocenters. The van der Waals surface area contributed by atoms with Gasteiger partial charge in [-0.15, -0.1) is 0 Å². The molecule has 6 nitrogen and oxygen atoms in total. The number of hydrogen-bond donors (Lipinski definition) is 2. The maximum Gasteiger partial charge on any atom is 0.245 e. The second kappa shape index (κ2) is 6.86. The van der Waals surface area contributed by atoms with Gasteiger partial charge in [0.25, 0.3) is 0 Å². The van der Waals surface area contributed by atoms with Crippen LogP contribution in [0.2, 0.25) is 0 Å². The summed E-state index contributed by atoms with van der Waals surface area (Å²) in [6, 6.07) is -0.458. The molecule has 1 unspecified atom stereocenters. The minimum Gasteiger partial charge on any atom is -0.377 e. The minimum absolute atomic E-state index is 0.0754. The molecule has 0 bridgehead atoms. The first-order chi connectivity index (χ1) is 9.22. The molecule has 108 valence electrons. The van der Waals surface area contributed by atoms with Crippen LogP contribution >= 0.6 is 0 Å². The molecule has 6 heteroatoms. The van der Waals surface area contributed by atoms with Crippen LogP contribution in [0, 0.1) is 5.92 Å². The van der Waals surface area contributed by atoms with E-state index in [1.165, 1.54) is 0 Å². The van der Waals surface area contributed by atoms with Crippen molar-refractivity contribution in [2.45, 2.75) is 25.8 Å². The van der Waals surface area contributed by atoms with E-state index in [1.807, 2.05) is 6.92 Å². The highest BCUT2D eigenvalue weighted by atomic mass is 16.5. The molecule has 0 aromatic carbocycles. The van der Waals surface area contributed by atoms with Crippen molar-refractivity contribution in [2.24, 2.45) is 5.92 Å². The predicted octanol–water partition coefficient (Wildman–Crippen LogP) is -0.650. The van der Waals surface area contributed by atoms with Gasteiger partial charge in [0.15, 0.2) is 0 Å². The Hall–Kier alpha value is -1.14. The summed E-state index contributed by atoms with van der Waals surface area (Å²) >= 11 is 0. The molecule has 0 radical (unpaired) electrons. The predicted molar refractivity (Wildman–Crippen MR) is 70.6 cm³/mol. The maximum atomic E-state index is 12.3. The number of rotatable bonds is 5. The zero-order valence-electron chi connectivity index (χ0n) is 11.5. The first-order valence-corrected chi connectivity index (χ1v) is 7.08. The normalized spacial score (nSPS) is 23.8. The van der Waals surface area contributed by atoms with E-state index in [1.54, 1.807) is 4.90 Å². The summed E-state index contributed by atoms with van der Waals surface area (Å²) in [7, 11) is 0. The molecule has 0 aromatic rings. The van der Waals surface area contributed by atoms with Gasteiger partial charge in [0.05, 0.1) is 13.2 Å². The van der Waals surface area contributed by atoms with Crippen LogP contribution in [0.5, 0.6) is 0 Å². The SMILES string of the molecule is CCCNC(=O)C1COCCN1C(=O)CC1CNC1. The summed E-state index contributed by atoms with van der Waals surface area (Å²) in [5, 5.41) is 6.00. The highest BCUT2D eigenvalue weighted by Gasteiger charge is 2.34. The number of nitrogens with one attached hydrogen (secondary N) is 2. The number of carbonyl (C=O) groups is 2. The second-order valence-corrected chi connectivity index (χ2v) is 5.20. The lowest BCUT2D eigenvalue weighted by atomic mass is 9.98. The quantitative estimate of drug-likeness (QED) is 0.696. The van der Waals surface area contributed by atoms with E-state index < -0.39 is 6.04 Å². The fraction of sp³-hybridized carbons (Fsp3) is 0.846. The first-order valence-electron chi connectivity index (χ1n) is 7.08. The van der Waals surface area contributed by atoms with E-state index in [2.05, 4.69) is 10.6 Å². The van der Waals surface area contributed by atoms with Crippen LogP contribution in [-0.4, -0.2) is 62.1 Å². The Kier molecular flexibility index (Phi) is 5.15. The Bertz CT molecular complexity index is 331. The van der Waals surface area contributed by atoms with E-state index in [-0.39, 0.29) is 11.8 Å². The van der Waals surface area contributed by atoms with E-state index in [4.69, 9.17) is 4.74 Å². The van der Waals surface area contributed by atoms with Crippen molar-refractivity contribution >= 4 is 11.8 Å². The fourth-order valence-electron chi connectivity index (χ4n) is 2.34. The summed E-state index contributed by atoms with van der Waals surface area (Å²) in [4.78, 5) is 26.0. The number of ether oxygens (including phenoxy) is 1. The zero-order chi connectivity index (χ0) is 13.7. The molecule has 2 aliphatic rings. The topological polar surface area (TPSA) is 70.7 Å². The van der Waals surface area contributed by atoms with Crippen LogP contribution in [0.3, 0.4) is 0 Å². The third-order valence-corrected chi connectivity index (χ3v) is 3.63. The van der Waals surface area contributed by atoms with Crippen LogP contribution in [-0.2, 0) is 14.3 Å². The minimum atomic E-state index is -0.458. The molecule has 19 heavy (non-hydrogen) atoms. The molecule has 0 saturated carbocycles. The van der Waals surface area contributed by atoms with Gasteiger partial charge in [0.2, 0.25) is 11.8 Å². The third-order valence-electron chi connectivity index (χ3n) is 3.63. The maximum absolute atomic E-state index is 12.3. The van der Waals surface area contributed by atoms with Crippen molar-refractivity contribution in [1.82, 2.24) is 15.5 Å². The van der Waals surface area contributed by atoms with Crippen LogP contribution in [0.25, 0.3) is 0 Å². The molecule has 2 saturated heterocycles. The van der Waals surface area contributed by atoms with Gasteiger partial charge >= 0.3 is 0 Å². The average molecular weight is 269 g/mol. The lowest BCUT2D eigenvalue weighted by Gasteiger charge is -2.36. The fourth-order valence-corrected chi connectivity index (χ4v) is 2.34. The molecule has 2 heterocycles. The summed E-state index contributed by atoms with van der Waals surface area (Å²) in [5.41, 5.74) is 0. The zero-order valence-corrected chi connectivity index (χ0v) is 11.5. The van der Waals surface area contributed by atoms with E-state index in [9.17, 15) is 9.59 Å². The van der Waals surface area contributed by atoms with Crippen LogP contribution in [0.1, 0.15) is 19.8 Å². The lowest BCUT2D eigenvalue weighted by Crippen LogP contribution is -2.57. The van der Waals surface area contributed by atoms with Crippen molar-refractivity contribution in [3.63, 3.8) is 0 Å². The molecule has 0 aromatic heterocycles. The van der Waals surface area contributed by atoms with E-state index in [0.29, 0.717) is 38.6 Å². The molecule has 2 rings (SSSR count). The van der Waals surface area contributed by atoms with Crippen molar-refractivity contribution in [1.29, 1.82) is 0 Å². The average Bonchev–Trinajstić information content (AvgIpc) is 2.40. The molecule has 2 fully saturated rings. The standard InChI is InChI=1S/C13H23N3O3/c1-2-3-15-13(18)11-9-19-5-4-16(11)12(17)6-10-7-14-8-10/h10-11,14H,2-9H2,1H3,(H,15,18). The summed E-state index contributed by atoms with van der Waals surface area (Å²) in [6.07, 6.45) is 1.42. The van der Waals surface area contributed by atoms with Crippen LogP contribution in [0.4, 0.5) is 0 Å². The van der Waals surface area contributed by atoms with Gasteiger partial charge in [0.1, 0.15) is 6.04 Å². The van der Waals surface area contributed by atoms with Crippen molar-refractivity contribution in [2.75, 3.05) is 39.4 Å². The van der Waals surface area contributed by atoms with Gasteiger partial charge in [0, 0.05) is 19.5 Å². The lowest BCUT2D eigenvalue weighted by molar-refractivity contribution is -0.149.